The molecule has 0 aromatic rings. The van der Waals surface area contributed by atoms with E-state index in [1.807, 2.05) is 0 Å². The summed E-state index contributed by atoms with van der Waals surface area (Å²) in [5, 5.41) is 2.84. The number of nitrogens with one attached hydrogen (secondary N) is 1. The Hall–Kier alpha value is -0.870. The number of morpholine rings is 1. The molecule has 1 unspecified atom stereocenters. The zero-order valence-electron chi connectivity index (χ0n) is 9.37. The average Bonchev–Trinajstić information content (AvgIpc) is 2.31. The molecule has 0 bridgehead atoms. The second-order valence-electron chi connectivity index (χ2n) is 3.66. The predicted octanol–water partition coefficient (Wildman–Crippen LogP) is 0.399. The first-order valence-corrected chi connectivity index (χ1v) is 5.50. The van der Waals surface area contributed by atoms with Crippen LogP contribution in [0.2, 0.25) is 0 Å². The Morgan fingerprint density at radius 3 is 2.80 bits per heavy atom. The molecule has 86 valence electrons. The summed E-state index contributed by atoms with van der Waals surface area (Å²) in [5.41, 5.74) is 0. The minimum atomic E-state index is -0.0956. The van der Waals surface area contributed by atoms with Crippen LogP contribution in [0.4, 0.5) is 0 Å². The average molecular weight is 212 g/mol. The van der Waals surface area contributed by atoms with Crippen molar-refractivity contribution in [3.8, 4) is 0 Å². The van der Waals surface area contributed by atoms with E-state index in [0.717, 1.165) is 32.7 Å². The molecule has 1 saturated heterocycles. The zero-order chi connectivity index (χ0) is 11.1. The second-order valence-corrected chi connectivity index (χ2v) is 3.66. The Kier molecular flexibility index (Phi) is 5.36. The predicted molar refractivity (Wildman–Crippen MR) is 59.7 cm³/mol. The topological polar surface area (TPSA) is 41.6 Å². The van der Waals surface area contributed by atoms with Crippen molar-refractivity contribution in [1.29, 1.82) is 0 Å². The lowest BCUT2D eigenvalue weighted by atomic mass is 10.1. The molecule has 1 heterocycles. The molecule has 0 saturated carbocycles. The minimum absolute atomic E-state index is 0.0956. The van der Waals surface area contributed by atoms with E-state index in [1.165, 1.54) is 6.08 Å². The van der Waals surface area contributed by atoms with Crippen LogP contribution in [0, 0.1) is 0 Å². The molecule has 1 N–H and O–H groups in total. The van der Waals surface area contributed by atoms with E-state index in [-0.39, 0.29) is 5.91 Å². The molecule has 0 aromatic heterocycles. The number of carbonyl (C=O) groups excluding carboxylic acids is 1. The van der Waals surface area contributed by atoms with Crippen molar-refractivity contribution < 1.29 is 9.53 Å². The summed E-state index contributed by atoms with van der Waals surface area (Å²) in [5.74, 6) is -0.0956. The Bertz CT molecular complexity index is 213. The van der Waals surface area contributed by atoms with Crippen molar-refractivity contribution in [3.63, 3.8) is 0 Å². The summed E-state index contributed by atoms with van der Waals surface area (Å²) < 4.78 is 5.30. The SMILES string of the molecule is C=CC(=O)NCC(CC)N1CCOCC1. The van der Waals surface area contributed by atoms with Gasteiger partial charge in [0.1, 0.15) is 0 Å². The zero-order valence-corrected chi connectivity index (χ0v) is 9.37. The van der Waals surface area contributed by atoms with Crippen LogP contribution >= 0.6 is 0 Å². The third-order valence-corrected chi connectivity index (χ3v) is 2.73. The fourth-order valence-electron chi connectivity index (χ4n) is 1.76. The van der Waals surface area contributed by atoms with Gasteiger partial charge >= 0.3 is 0 Å². The molecule has 1 aliphatic heterocycles. The van der Waals surface area contributed by atoms with Crippen molar-refractivity contribution in [3.05, 3.63) is 12.7 Å². The molecule has 1 amide bonds. The fraction of sp³-hybridized carbons (Fsp3) is 0.727. The highest BCUT2D eigenvalue weighted by molar-refractivity contribution is 5.86. The van der Waals surface area contributed by atoms with Crippen molar-refractivity contribution in [2.24, 2.45) is 0 Å². The lowest BCUT2D eigenvalue weighted by molar-refractivity contribution is -0.116. The largest absolute Gasteiger partial charge is 0.379 e. The standard InChI is InChI=1S/C11H20N2O2/c1-3-10(9-12-11(14)4-2)13-5-7-15-8-6-13/h4,10H,2-3,5-9H2,1H3,(H,12,14). The molecule has 0 radical (unpaired) electrons. The van der Waals surface area contributed by atoms with Crippen LogP contribution in [0.3, 0.4) is 0 Å². The summed E-state index contributed by atoms with van der Waals surface area (Å²) in [6, 6.07) is 0.415. The molecule has 4 heteroatoms. The highest BCUT2D eigenvalue weighted by Crippen LogP contribution is 2.06. The number of nitrogens with zero attached hydrogens (tertiary/aromatic N) is 1. The Balaban J connectivity index is 2.33. The maximum atomic E-state index is 11.0. The van der Waals surface area contributed by atoms with Crippen LogP contribution in [0.15, 0.2) is 12.7 Å². The van der Waals surface area contributed by atoms with Crippen LogP contribution in [0.1, 0.15) is 13.3 Å². The van der Waals surface area contributed by atoms with Crippen LogP contribution in [0.5, 0.6) is 0 Å². The van der Waals surface area contributed by atoms with Crippen molar-refractivity contribution in [2.75, 3.05) is 32.8 Å². The second kappa shape index (κ2) is 6.58. The lowest BCUT2D eigenvalue weighted by Gasteiger charge is -2.33. The van der Waals surface area contributed by atoms with Gasteiger partial charge in [0.05, 0.1) is 13.2 Å². The molecule has 1 atom stereocenters. The highest BCUT2D eigenvalue weighted by atomic mass is 16.5. The monoisotopic (exact) mass is 212 g/mol. The van der Waals surface area contributed by atoms with Gasteiger partial charge in [-0.1, -0.05) is 13.5 Å². The van der Waals surface area contributed by atoms with Gasteiger partial charge in [-0.15, -0.1) is 0 Å². The third-order valence-electron chi connectivity index (χ3n) is 2.73. The van der Waals surface area contributed by atoms with Crippen LogP contribution in [0.25, 0.3) is 0 Å². The van der Waals surface area contributed by atoms with E-state index in [0.29, 0.717) is 12.6 Å². The van der Waals surface area contributed by atoms with Gasteiger partial charge in [-0.2, -0.15) is 0 Å². The van der Waals surface area contributed by atoms with Crippen molar-refractivity contribution in [1.82, 2.24) is 10.2 Å². The quantitative estimate of drug-likeness (QED) is 0.671. The van der Waals surface area contributed by atoms with Gasteiger partial charge in [0.15, 0.2) is 0 Å². The van der Waals surface area contributed by atoms with Crippen LogP contribution < -0.4 is 5.32 Å². The van der Waals surface area contributed by atoms with Crippen molar-refractivity contribution in [2.45, 2.75) is 19.4 Å². The van der Waals surface area contributed by atoms with Gasteiger partial charge in [-0.25, -0.2) is 0 Å². The van der Waals surface area contributed by atoms with E-state index in [2.05, 4.69) is 23.7 Å². The van der Waals surface area contributed by atoms with Gasteiger partial charge in [0.25, 0.3) is 0 Å². The van der Waals surface area contributed by atoms with E-state index in [1.54, 1.807) is 0 Å². The van der Waals surface area contributed by atoms with Gasteiger partial charge in [-0.05, 0) is 12.5 Å². The number of hydrogen-bond donors (Lipinski definition) is 1. The van der Waals surface area contributed by atoms with Crippen LogP contribution in [-0.4, -0.2) is 49.7 Å². The van der Waals surface area contributed by atoms with Crippen molar-refractivity contribution >= 4 is 5.91 Å². The minimum Gasteiger partial charge on any atom is -0.379 e. The number of hydrogen-bond acceptors (Lipinski definition) is 3. The first-order valence-electron chi connectivity index (χ1n) is 5.50. The number of ether oxygens (including phenoxy) is 1. The molecule has 4 nitrogen and oxygen atoms in total. The molecular formula is C11H20N2O2. The summed E-state index contributed by atoms with van der Waals surface area (Å²) in [6.45, 7) is 9.78. The smallest absolute Gasteiger partial charge is 0.243 e. The molecule has 0 aliphatic carbocycles. The maximum Gasteiger partial charge on any atom is 0.243 e. The molecule has 1 aliphatic rings. The lowest BCUT2D eigenvalue weighted by Crippen LogP contribution is -2.48. The van der Waals surface area contributed by atoms with E-state index >= 15 is 0 Å². The van der Waals surface area contributed by atoms with Gasteiger partial charge in [0, 0.05) is 25.7 Å². The summed E-state index contributed by atoms with van der Waals surface area (Å²) in [4.78, 5) is 13.4. The Morgan fingerprint density at radius 1 is 1.60 bits per heavy atom. The Morgan fingerprint density at radius 2 is 2.27 bits per heavy atom. The molecule has 1 rings (SSSR count). The van der Waals surface area contributed by atoms with Gasteiger partial charge < -0.3 is 10.1 Å². The van der Waals surface area contributed by atoms with Crippen LogP contribution in [-0.2, 0) is 9.53 Å². The molecular weight excluding hydrogens is 192 g/mol. The summed E-state index contributed by atoms with van der Waals surface area (Å²) >= 11 is 0. The molecule has 0 aromatic carbocycles. The maximum absolute atomic E-state index is 11.0. The van der Waals surface area contributed by atoms with E-state index in [9.17, 15) is 4.79 Å². The van der Waals surface area contributed by atoms with E-state index in [4.69, 9.17) is 4.74 Å². The van der Waals surface area contributed by atoms with E-state index < -0.39 is 0 Å². The number of carbonyl (C=O) groups is 1. The third kappa shape index (κ3) is 4.01. The highest BCUT2D eigenvalue weighted by Gasteiger charge is 2.19. The van der Waals surface area contributed by atoms with Gasteiger partial charge in [-0.3, -0.25) is 9.69 Å². The van der Waals surface area contributed by atoms with Gasteiger partial charge in [0.2, 0.25) is 5.91 Å². The first-order chi connectivity index (χ1) is 7.27. The number of rotatable bonds is 5. The summed E-state index contributed by atoms with van der Waals surface area (Å²) in [7, 11) is 0. The normalized spacial score (nSPS) is 19.5. The molecule has 0 spiro atoms. The fourth-order valence-corrected chi connectivity index (χ4v) is 1.76. The molecule has 15 heavy (non-hydrogen) atoms. The first kappa shape index (κ1) is 12.2. The summed E-state index contributed by atoms with van der Waals surface area (Å²) in [6.07, 6.45) is 2.35. The number of amides is 1. The molecule has 1 fully saturated rings. The Labute approximate surface area is 91.3 Å².